The van der Waals surface area contributed by atoms with Gasteiger partial charge in [0.25, 0.3) is 0 Å². The van der Waals surface area contributed by atoms with Gasteiger partial charge in [-0.25, -0.2) is 4.98 Å². The molecule has 2 atom stereocenters. The Bertz CT molecular complexity index is 1480. The van der Waals surface area contributed by atoms with Crippen molar-refractivity contribution in [2.24, 2.45) is 0 Å². The van der Waals surface area contributed by atoms with Crippen molar-refractivity contribution in [3.05, 3.63) is 47.4 Å². The van der Waals surface area contributed by atoms with Crippen molar-refractivity contribution in [2.75, 3.05) is 32.8 Å². The number of nitrogens with one attached hydrogen (secondary N) is 2. The molecule has 2 N–H and O–H groups in total. The largest absolute Gasteiger partial charge is 0.495 e. The zero-order valence-corrected chi connectivity index (χ0v) is 21.5. The minimum Gasteiger partial charge on any atom is -0.495 e. The first-order valence-electron chi connectivity index (χ1n) is 11.3. The average Bonchev–Trinajstić information content (AvgIpc) is 3.41. The molecule has 5 rings (SSSR count). The number of hydrogen-bond acceptors (Lipinski definition) is 9. The van der Waals surface area contributed by atoms with Gasteiger partial charge >= 0.3 is 0 Å². The highest BCUT2D eigenvalue weighted by molar-refractivity contribution is 6.41. The Morgan fingerprint density at radius 3 is 2.65 bits per heavy atom. The molecule has 192 valence electrons. The molecule has 1 aliphatic heterocycles. The number of ether oxygens (including phenoxy) is 3. The highest BCUT2D eigenvalue weighted by atomic mass is 35.5. The van der Waals surface area contributed by atoms with Crippen molar-refractivity contribution in [1.29, 1.82) is 0 Å². The third-order valence-corrected chi connectivity index (χ3v) is 6.89. The van der Waals surface area contributed by atoms with Crippen molar-refractivity contribution in [2.45, 2.75) is 18.5 Å². The van der Waals surface area contributed by atoms with E-state index < -0.39 is 0 Å². The van der Waals surface area contributed by atoms with E-state index >= 15 is 0 Å². The van der Waals surface area contributed by atoms with Crippen molar-refractivity contribution in [3.63, 3.8) is 0 Å². The summed E-state index contributed by atoms with van der Waals surface area (Å²) in [6, 6.07) is 3.07. The van der Waals surface area contributed by atoms with E-state index in [2.05, 4.69) is 32.4 Å². The van der Waals surface area contributed by atoms with Gasteiger partial charge in [0, 0.05) is 35.4 Å². The van der Waals surface area contributed by atoms with Gasteiger partial charge in [0.15, 0.2) is 11.3 Å². The van der Waals surface area contributed by atoms with E-state index in [1.807, 2.05) is 6.07 Å². The monoisotopic (exact) mass is 543 g/mol. The zero-order valence-electron chi connectivity index (χ0n) is 20.0. The molecule has 0 unspecified atom stereocenters. The average molecular weight is 544 g/mol. The summed E-state index contributed by atoms with van der Waals surface area (Å²) in [5.41, 5.74) is 2.14. The third-order valence-electron chi connectivity index (χ3n) is 6.14. The molecule has 11 nitrogen and oxygen atoms in total. The first-order valence-corrected chi connectivity index (χ1v) is 12.1. The molecule has 0 aliphatic carbocycles. The lowest BCUT2D eigenvalue weighted by molar-refractivity contribution is -0.117. The summed E-state index contributed by atoms with van der Waals surface area (Å²) >= 11 is 13.4. The predicted molar refractivity (Wildman–Crippen MR) is 140 cm³/mol. The second-order valence-corrected chi connectivity index (χ2v) is 9.03. The van der Waals surface area contributed by atoms with E-state index in [9.17, 15) is 4.79 Å². The predicted octanol–water partition coefficient (Wildman–Crippen LogP) is 3.54. The maximum absolute atomic E-state index is 11.9. The molecule has 0 spiro atoms. The fourth-order valence-corrected chi connectivity index (χ4v) is 5.01. The maximum Gasteiger partial charge on any atom is 0.243 e. The molecule has 37 heavy (non-hydrogen) atoms. The van der Waals surface area contributed by atoms with Crippen LogP contribution in [0.4, 0.5) is 5.95 Å². The fourth-order valence-electron chi connectivity index (χ4n) is 4.31. The van der Waals surface area contributed by atoms with Gasteiger partial charge in [-0.05, 0) is 18.6 Å². The molecule has 3 aromatic heterocycles. The Hall–Kier alpha value is -3.67. The van der Waals surface area contributed by atoms with Crippen LogP contribution < -0.4 is 20.1 Å². The molecule has 1 fully saturated rings. The molecular formula is C24H23Cl2N7O4. The van der Waals surface area contributed by atoms with Crippen LogP contribution in [0.1, 0.15) is 6.42 Å². The normalized spacial score (nSPS) is 17.5. The highest BCUT2D eigenvalue weighted by Gasteiger charge is 2.28. The van der Waals surface area contributed by atoms with Crippen LogP contribution in [0.3, 0.4) is 0 Å². The minimum atomic E-state index is -0.247. The molecule has 1 aliphatic rings. The van der Waals surface area contributed by atoms with Crippen LogP contribution in [0.15, 0.2) is 37.3 Å². The number of carbonyl (C=O) groups is 1. The summed E-state index contributed by atoms with van der Waals surface area (Å²) in [6.07, 6.45) is 5.12. The molecule has 4 aromatic rings. The topological polar surface area (TPSA) is 125 Å². The number of halogens is 2. The Labute approximate surface area is 221 Å². The van der Waals surface area contributed by atoms with Crippen molar-refractivity contribution in [1.82, 2.24) is 29.9 Å². The van der Waals surface area contributed by atoms with Gasteiger partial charge in [-0.2, -0.15) is 4.98 Å². The van der Waals surface area contributed by atoms with Gasteiger partial charge in [-0.3, -0.25) is 9.20 Å². The number of aromatic nitrogens is 5. The summed E-state index contributed by atoms with van der Waals surface area (Å²) < 4.78 is 18.2. The van der Waals surface area contributed by atoms with Crippen molar-refractivity contribution < 1.29 is 19.0 Å². The molecule has 1 amide bonds. The second-order valence-electron chi connectivity index (χ2n) is 8.27. The molecule has 0 saturated carbocycles. The van der Waals surface area contributed by atoms with Gasteiger partial charge in [-0.15, -0.1) is 10.2 Å². The van der Waals surface area contributed by atoms with Gasteiger partial charge in [-0.1, -0.05) is 29.8 Å². The lowest BCUT2D eigenvalue weighted by Crippen LogP contribution is -2.52. The summed E-state index contributed by atoms with van der Waals surface area (Å²) in [5, 5.41) is 15.9. The molecule has 0 bridgehead atoms. The standard InChI is InChI=1S/C24H23Cl2N7O4/c1-4-18(34)29-14-5-6-37-10-15(14)30-24-27-9-12-7-13(23-32-28-11-33(23)22(12)31-24)19-20(25)16(35-2)8-17(36-3)21(19)26/h4,7-9,11,14-15H,1,5-6,10H2,2-3H3,(H,29,34)(H,27,30,31)/t14-,15+/m0/s1. The summed E-state index contributed by atoms with van der Waals surface area (Å²) in [4.78, 5) is 21.1. The van der Waals surface area contributed by atoms with Crippen LogP contribution in [-0.4, -0.2) is 70.0 Å². The number of pyridine rings is 1. The van der Waals surface area contributed by atoms with Crippen LogP contribution in [-0.2, 0) is 9.53 Å². The first-order chi connectivity index (χ1) is 17.9. The smallest absolute Gasteiger partial charge is 0.243 e. The van der Waals surface area contributed by atoms with Gasteiger partial charge in [0.05, 0.1) is 43.0 Å². The summed E-state index contributed by atoms with van der Waals surface area (Å²) in [7, 11) is 3.02. The van der Waals surface area contributed by atoms with E-state index in [4.69, 9.17) is 42.4 Å². The number of benzene rings is 1. The Morgan fingerprint density at radius 2 is 1.95 bits per heavy atom. The minimum absolute atomic E-state index is 0.164. The number of fused-ring (bicyclic) bond motifs is 3. The van der Waals surface area contributed by atoms with E-state index in [-0.39, 0.29) is 18.0 Å². The first kappa shape index (κ1) is 25.0. The number of hydrogen-bond donors (Lipinski definition) is 2. The second kappa shape index (κ2) is 10.4. The number of rotatable bonds is 7. The zero-order chi connectivity index (χ0) is 26.1. The number of anilines is 1. The molecule has 1 aromatic carbocycles. The highest BCUT2D eigenvalue weighted by Crippen LogP contribution is 2.47. The number of methoxy groups -OCH3 is 2. The van der Waals surface area contributed by atoms with Crippen LogP contribution in [0.25, 0.3) is 27.8 Å². The van der Waals surface area contributed by atoms with E-state index in [0.717, 1.165) is 0 Å². The van der Waals surface area contributed by atoms with E-state index in [0.29, 0.717) is 74.9 Å². The van der Waals surface area contributed by atoms with Crippen molar-refractivity contribution >= 4 is 51.7 Å². The molecular weight excluding hydrogens is 521 g/mol. The molecule has 4 heterocycles. The van der Waals surface area contributed by atoms with Crippen molar-refractivity contribution in [3.8, 4) is 22.6 Å². The summed E-state index contributed by atoms with van der Waals surface area (Å²) in [5.74, 6) is 0.921. The van der Waals surface area contributed by atoms with Crippen LogP contribution in [0, 0.1) is 0 Å². The molecule has 1 saturated heterocycles. The van der Waals surface area contributed by atoms with Gasteiger partial charge in [0.1, 0.15) is 17.8 Å². The quantitative estimate of drug-likeness (QED) is 0.336. The number of carbonyl (C=O) groups excluding carboxylic acids is 1. The summed E-state index contributed by atoms with van der Waals surface area (Å²) in [6.45, 7) is 4.45. The lowest BCUT2D eigenvalue weighted by atomic mass is 10.0. The Kier molecular flexibility index (Phi) is 7.00. The lowest BCUT2D eigenvalue weighted by Gasteiger charge is -2.32. The third kappa shape index (κ3) is 4.61. The Balaban J connectivity index is 1.58. The number of amides is 1. The van der Waals surface area contributed by atoms with Crippen LogP contribution >= 0.6 is 23.2 Å². The SMILES string of the molecule is C=CC(=O)N[C@H]1CCOC[C@H]1Nc1ncc2cc(-c3c(Cl)c(OC)cc(OC)c3Cl)c3nncn3c2n1. The van der Waals surface area contributed by atoms with E-state index in [1.54, 1.807) is 23.0 Å². The fraction of sp³-hybridized carbons (Fsp3) is 0.292. The van der Waals surface area contributed by atoms with Gasteiger partial charge in [0.2, 0.25) is 11.9 Å². The maximum atomic E-state index is 11.9. The van der Waals surface area contributed by atoms with Crippen LogP contribution in [0.5, 0.6) is 11.5 Å². The van der Waals surface area contributed by atoms with E-state index in [1.165, 1.54) is 20.3 Å². The molecule has 0 radical (unpaired) electrons. The van der Waals surface area contributed by atoms with Gasteiger partial charge < -0.3 is 24.8 Å². The number of nitrogens with zero attached hydrogens (tertiary/aromatic N) is 5. The molecule has 13 heteroatoms. The van der Waals surface area contributed by atoms with Crippen LogP contribution in [0.2, 0.25) is 10.0 Å². The Morgan fingerprint density at radius 1 is 1.19 bits per heavy atom.